The Morgan fingerprint density at radius 3 is 2.71 bits per heavy atom. The average Bonchev–Trinajstić information content (AvgIpc) is 2.72. The van der Waals surface area contributed by atoms with E-state index in [0.717, 1.165) is 31.4 Å². The molecule has 0 aliphatic carbocycles. The van der Waals surface area contributed by atoms with Crippen LogP contribution in [0.1, 0.15) is 77.7 Å². The maximum Gasteiger partial charge on any atom is 0.315 e. The Labute approximate surface area is 170 Å². The van der Waals surface area contributed by atoms with Gasteiger partial charge in [-0.25, -0.2) is 4.99 Å². The minimum Gasteiger partial charge on any atom is -0.406 e. The number of aliphatic imine (C=N–C) groups is 1. The molecule has 154 valence electrons. The normalized spacial score (nSPS) is 14.7. The fraction of sp³-hybridized carbons (Fsp3) is 0.583. The van der Waals surface area contributed by atoms with Crippen LogP contribution in [0.3, 0.4) is 0 Å². The van der Waals surface area contributed by atoms with Crippen molar-refractivity contribution in [1.82, 2.24) is 0 Å². The third-order valence-corrected chi connectivity index (χ3v) is 5.24. The highest BCUT2D eigenvalue weighted by Gasteiger charge is 2.20. The van der Waals surface area contributed by atoms with Gasteiger partial charge in [-0.05, 0) is 43.4 Å². The van der Waals surface area contributed by atoms with Gasteiger partial charge in [-0.2, -0.15) is 0 Å². The Bertz CT molecular complexity index is 666. The number of carbonyl (C=O) groups is 1. The van der Waals surface area contributed by atoms with Gasteiger partial charge in [0.25, 0.3) is 0 Å². The van der Waals surface area contributed by atoms with E-state index in [4.69, 9.17) is 4.74 Å². The molecule has 0 bridgehead atoms. The molecule has 1 aliphatic rings. The molecular weight excluding hydrogens is 348 g/mol. The van der Waals surface area contributed by atoms with Crippen molar-refractivity contribution in [2.45, 2.75) is 78.6 Å². The zero-order valence-electron chi connectivity index (χ0n) is 17.8. The summed E-state index contributed by atoms with van der Waals surface area (Å²) in [6, 6.07) is 8.64. The summed E-state index contributed by atoms with van der Waals surface area (Å²) in [7, 11) is 0. The zero-order valence-corrected chi connectivity index (χ0v) is 17.8. The number of anilines is 1. The first-order valence-corrected chi connectivity index (χ1v) is 11.0. The van der Waals surface area contributed by atoms with E-state index in [0.29, 0.717) is 12.4 Å². The number of rotatable bonds is 12. The number of esters is 1. The first-order chi connectivity index (χ1) is 13.7. The van der Waals surface area contributed by atoms with Crippen LogP contribution in [-0.4, -0.2) is 18.7 Å². The van der Waals surface area contributed by atoms with Crippen LogP contribution < -0.4 is 4.90 Å². The van der Waals surface area contributed by atoms with Crippen LogP contribution >= 0.6 is 0 Å². The van der Waals surface area contributed by atoms with Crippen LogP contribution in [0, 0.1) is 5.92 Å². The lowest BCUT2D eigenvalue weighted by molar-refractivity contribution is -0.144. The number of carbonyl (C=O) groups excluding carboxylic acids is 1. The van der Waals surface area contributed by atoms with Gasteiger partial charge in [-0.15, -0.1) is 0 Å². The summed E-state index contributed by atoms with van der Waals surface area (Å²) in [6.07, 6.45) is 13.9. The summed E-state index contributed by atoms with van der Waals surface area (Å²) in [5.41, 5.74) is 2.48. The minimum atomic E-state index is -0.171. The van der Waals surface area contributed by atoms with Crippen molar-refractivity contribution in [2.75, 3.05) is 11.4 Å². The molecule has 1 atom stereocenters. The number of hydrogen-bond donors (Lipinski definition) is 0. The molecule has 0 saturated heterocycles. The van der Waals surface area contributed by atoms with Gasteiger partial charge in [0, 0.05) is 11.9 Å². The summed E-state index contributed by atoms with van der Waals surface area (Å²) < 4.78 is 5.56. The molecule has 0 radical (unpaired) electrons. The fourth-order valence-electron chi connectivity index (χ4n) is 3.52. The predicted molar refractivity (Wildman–Crippen MR) is 118 cm³/mol. The fourth-order valence-corrected chi connectivity index (χ4v) is 3.52. The van der Waals surface area contributed by atoms with Gasteiger partial charge >= 0.3 is 5.97 Å². The second-order valence-corrected chi connectivity index (χ2v) is 7.58. The smallest absolute Gasteiger partial charge is 0.315 e. The average molecular weight is 385 g/mol. The van der Waals surface area contributed by atoms with Crippen molar-refractivity contribution >= 4 is 17.9 Å². The number of nitrogens with zero attached hydrogens (tertiary/aromatic N) is 2. The molecule has 0 aromatic heterocycles. The van der Waals surface area contributed by atoms with Crippen molar-refractivity contribution in [3.8, 4) is 0 Å². The number of ether oxygens (including phenoxy) is 1. The highest BCUT2D eigenvalue weighted by molar-refractivity contribution is 5.75. The van der Waals surface area contributed by atoms with Gasteiger partial charge in [0.05, 0.1) is 18.7 Å². The lowest BCUT2D eigenvalue weighted by atomic mass is 10.0. The second-order valence-electron chi connectivity index (χ2n) is 7.58. The molecule has 1 unspecified atom stereocenters. The van der Waals surface area contributed by atoms with Gasteiger partial charge in [0.15, 0.2) is 0 Å². The van der Waals surface area contributed by atoms with Crippen LogP contribution in [-0.2, 0) is 16.0 Å². The Balaban J connectivity index is 1.96. The summed E-state index contributed by atoms with van der Waals surface area (Å²) >= 11 is 0. The Morgan fingerprint density at radius 1 is 1.14 bits per heavy atom. The van der Waals surface area contributed by atoms with Gasteiger partial charge < -0.3 is 9.64 Å². The van der Waals surface area contributed by atoms with E-state index in [-0.39, 0.29) is 11.9 Å². The Kier molecular flexibility index (Phi) is 9.81. The molecule has 1 aromatic carbocycles. The van der Waals surface area contributed by atoms with Gasteiger partial charge in [-0.1, -0.05) is 65.0 Å². The van der Waals surface area contributed by atoms with E-state index in [2.05, 4.69) is 48.0 Å². The van der Waals surface area contributed by atoms with Crippen LogP contribution in [0.5, 0.6) is 0 Å². The molecule has 1 aliphatic heterocycles. The second kappa shape index (κ2) is 12.4. The molecule has 4 nitrogen and oxygen atoms in total. The summed E-state index contributed by atoms with van der Waals surface area (Å²) in [5, 5.41) is 0. The molecule has 28 heavy (non-hydrogen) atoms. The van der Waals surface area contributed by atoms with Crippen LogP contribution in [0.4, 0.5) is 5.69 Å². The third kappa shape index (κ3) is 7.14. The quantitative estimate of drug-likeness (QED) is 0.315. The van der Waals surface area contributed by atoms with E-state index in [9.17, 15) is 4.79 Å². The third-order valence-electron chi connectivity index (χ3n) is 5.24. The maximum atomic E-state index is 12.4. The molecule has 0 fully saturated rings. The van der Waals surface area contributed by atoms with Crippen LogP contribution in [0.25, 0.3) is 0 Å². The molecule has 1 heterocycles. The van der Waals surface area contributed by atoms with E-state index in [1.807, 2.05) is 13.1 Å². The molecule has 0 N–H and O–H groups in total. The summed E-state index contributed by atoms with van der Waals surface area (Å²) in [5.74, 6) is 0.165. The van der Waals surface area contributed by atoms with Crippen molar-refractivity contribution in [2.24, 2.45) is 10.9 Å². The van der Waals surface area contributed by atoms with Crippen molar-refractivity contribution in [1.29, 1.82) is 0 Å². The molecule has 2 rings (SSSR count). The van der Waals surface area contributed by atoms with Crippen molar-refractivity contribution < 1.29 is 9.53 Å². The topological polar surface area (TPSA) is 41.9 Å². The number of benzene rings is 1. The molecule has 0 amide bonds. The highest BCUT2D eigenvalue weighted by atomic mass is 16.5. The van der Waals surface area contributed by atoms with Crippen molar-refractivity contribution in [3.05, 3.63) is 41.9 Å². The van der Waals surface area contributed by atoms with Gasteiger partial charge in [-0.3, -0.25) is 4.79 Å². The van der Waals surface area contributed by atoms with Gasteiger partial charge in [0.2, 0.25) is 5.88 Å². The largest absolute Gasteiger partial charge is 0.406 e. The summed E-state index contributed by atoms with van der Waals surface area (Å²) in [4.78, 5) is 18.7. The molecule has 0 spiro atoms. The number of hydrogen-bond acceptors (Lipinski definition) is 4. The van der Waals surface area contributed by atoms with E-state index < -0.39 is 0 Å². The minimum absolute atomic E-state index is 0.0486. The zero-order chi connectivity index (χ0) is 20.2. The van der Waals surface area contributed by atoms with E-state index in [1.54, 1.807) is 6.21 Å². The molecule has 0 saturated carbocycles. The first-order valence-electron chi connectivity index (χ1n) is 11.0. The number of aryl methyl sites for hydroxylation is 1. The molecule has 1 aromatic rings. The van der Waals surface area contributed by atoms with Crippen LogP contribution in [0.15, 0.2) is 41.3 Å². The van der Waals surface area contributed by atoms with E-state index >= 15 is 0 Å². The Morgan fingerprint density at radius 2 is 1.96 bits per heavy atom. The molecular formula is C24H36N2O2. The van der Waals surface area contributed by atoms with Crippen LogP contribution in [0.2, 0.25) is 0 Å². The standard InChI is InChI=1S/C24H36N2O2/c1-4-7-8-9-10-13-20-14-11-15-22(18-20)26-17-16-25-23(19-26)28-24(27)21(6-3)12-5-2/h11,14-16,18-19,21H,4-10,12-13,17H2,1-3H3. The predicted octanol–water partition coefficient (Wildman–Crippen LogP) is 6.26. The van der Waals surface area contributed by atoms with Crippen molar-refractivity contribution in [3.63, 3.8) is 0 Å². The Hall–Kier alpha value is -2.10. The summed E-state index contributed by atoms with van der Waals surface area (Å²) in [6.45, 7) is 7.05. The highest BCUT2D eigenvalue weighted by Crippen LogP contribution is 2.22. The maximum absolute atomic E-state index is 12.4. The first kappa shape index (κ1) is 22.2. The SMILES string of the molecule is CCCCCCCc1cccc(N2C=C(OC(=O)C(CC)CCC)N=CC2)c1. The monoisotopic (exact) mass is 384 g/mol. The number of unbranched alkanes of at least 4 members (excludes halogenated alkanes) is 4. The van der Waals surface area contributed by atoms with Gasteiger partial charge in [0.1, 0.15) is 0 Å². The van der Waals surface area contributed by atoms with E-state index in [1.165, 1.54) is 37.7 Å². The lowest BCUT2D eigenvalue weighted by Gasteiger charge is -2.23. The lowest BCUT2D eigenvalue weighted by Crippen LogP contribution is -2.24. The molecule has 4 heteroatoms.